The van der Waals surface area contributed by atoms with Gasteiger partial charge in [0.25, 0.3) is 5.91 Å². The molecule has 2 rings (SSSR count). The second-order valence-electron chi connectivity index (χ2n) is 4.25. The maximum Gasteiger partial charge on any atom is 0.257 e. The summed E-state index contributed by atoms with van der Waals surface area (Å²) in [4.78, 5) is 12.3. The summed E-state index contributed by atoms with van der Waals surface area (Å²) in [5.74, 6) is 5.06. The summed E-state index contributed by atoms with van der Waals surface area (Å²) in [5.41, 5.74) is 5.18. The average Bonchev–Trinajstić information content (AvgIpc) is 2.47. The number of hydrogen-bond donors (Lipinski definition) is 3. The Bertz CT molecular complexity index is 689. The highest BCUT2D eigenvalue weighted by Gasteiger charge is 2.13. The highest BCUT2D eigenvalue weighted by molar-refractivity contribution is 6.08. The molecule has 2 aromatic carbocycles. The molecule has 0 aliphatic carbocycles. The van der Waals surface area contributed by atoms with E-state index in [0.29, 0.717) is 22.5 Å². The number of para-hydroxylation sites is 1. The Balaban J connectivity index is 2.34. The number of nitrogen functional groups attached to an aromatic ring is 1. The van der Waals surface area contributed by atoms with Gasteiger partial charge < -0.3 is 10.7 Å². The van der Waals surface area contributed by atoms with Gasteiger partial charge in [-0.1, -0.05) is 24.3 Å². The van der Waals surface area contributed by atoms with E-state index in [1.54, 1.807) is 36.4 Å². The van der Waals surface area contributed by atoms with Crippen LogP contribution in [0.25, 0.3) is 0 Å². The van der Waals surface area contributed by atoms with Crippen molar-refractivity contribution >= 4 is 17.3 Å². The first kappa shape index (κ1) is 13.6. The zero-order chi connectivity index (χ0) is 14.5. The maximum atomic E-state index is 12.3. The molecule has 0 fully saturated rings. The number of hydrogen-bond acceptors (Lipinski definition) is 4. The number of benzene rings is 2. The predicted molar refractivity (Wildman–Crippen MR) is 78.1 cm³/mol. The van der Waals surface area contributed by atoms with E-state index in [4.69, 9.17) is 11.1 Å². The van der Waals surface area contributed by atoms with E-state index in [-0.39, 0.29) is 5.91 Å². The minimum atomic E-state index is -0.319. The fraction of sp³-hybridized carbons (Fsp3) is 0.0667. The number of nitriles is 1. The van der Waals surface area contributed by atoms with E-state index >= 15 is 0 Å². The molecule has 0 aromatic heterocycles. The van der Waals surface area contributed by atoms with Crippen molar-refractivity contribution in [3.05, 3.63) is 59.2 Å². The first-order chi connectivity index (χ1) is 9.67. The molecular weight excluding hydrogens is 252 g/mol. The molecule has 20 heavy (non-hydrogen) atoms. The molecule has 0 unspecified atom stereocenters. The number of anilines is 2. The Morgan fingerprint density at radius 3 is 2.55 bits per heavy atom. The SMILES string of the molecule is Cc1cccc(NC(=O)c2ccccc2NN)c1C#N. The Labute approximate surface area is 117 Å². The zero-order valence-electron chi connectivity index (χ0n) is 11.0. The molecular formula is C15H14N4O. The van der Waals surface area contributed by atoms with Gasteiger partial charge in [-0.15, -0.1) is 0 Å². The van der Waals surface area contributed by atoms with Crippen LogP contribution in [0, 0.1) is 18.3 Å². The van der Waals surface area contributed by atoms with Gasteiger partial charge in [-0.3, -0.25) is 10.6 Å². The van der Waals surface area contributed by atoms with E-state index in [2.05, 4.69) is 16.8 Å². The summed E-state index contributed by atoms with van der Waals surface area (Å²) in [6, 6.07) is 14.3. The fourth-order valence-corrected chi connectivity index (χ4v) is 1.92. The third-order valence-electron chi connectivity index (χ3n) is 2.96. The largest absolute Gasteiger partial charge is 0.323 e. The van der Waals surface area contributed by atoms with Crippen molar-refractivity contribution in [2.75, 3.05) is 10.7 Å². The van der Waals surface area contributed by atoms with Crippen LogP contribution >= 0.6 is 0 Å². The number of nitrogens with two attached hydrogens (primary N) is 1. The molecule has 1 amide bonds. The van der Waals surface area contributed by atoms with E-state index in [9.17, 15) is 4.79 Å². The Morgan fingerprint density at radius 1 is 1.15 bits per heavy atom. The van der Waals surface area contributed by atoms with Crippen LogP contribution in [0.3, 0.4) is 0 Å². The molecule has 0 aliphatic heterocycles. The van der Waals surface area contributed by atoms with Crippen molar-refractivity contribution in [3.63, 3.8) is 0 Å². The predicted octanol–water partition coefficient (Wildman–Crippen LogP) is 2.40. The van der Waals surface area contributed by atoms with Gasteiger partial charge >= 0.3 is 0 Å². The fourth-order valence-electron chi connectivity index (χ4n) is 1.92. The van der Waals surface area contributed by atoms with Crippen LogP contribution in [0.2, 0.25) is 0 Å². The lowest BCUT2D eigenvalue weighted by Gasteiger charge is -2.11. The minimum absolute atomic E-state index is 0.319. The lowest BCUT2D eigenvalue weighted by Crippen LogP contribution is -2.17. The molecule has 0 bridgehead atoms. The number of aryl methyl sites for hydroxylation is 1. The topological polar surface area (TPSA) is 90.9 Å². The number of carbonyl (C=O) groups is 1. The average molecular weight is 266 g/mol. The van der Waals surface area contributed by atoms with Gasteiger partial charge in [0.2, 0.25) is 0 Å². The Morgan fingerprint density at radius 2 is 1.85 bits per heavy atom. The summed E-state index contributed by atoms with van der Waals surface area (Å²) in [6.45, 7) is 1.82. The van der Waals surface area contributed by atoms with E-state index in [1.165, 1.54) is 0 Å². The first-order valence-corrected chi connectivity index (χ1v) is 6.04. The lowest BCUT2D eigenvalue weighted by molar-refractivity contribution is 0.102. The van der Waals surface area contributed by atoms with E-state index in [1.807, 2.05) is 13.0 Å². The second kappa shape index (κ2) is 5.87. The molecule has 0 heterocycles. The molecule has 0 atom stereocenters. The molecule has 0 spiro atoms. The number of carbonyl (C=O) groups excluding carboxylic acids is 1. The number of nitrogens with one attached hydrogen (secondary N) is 2. The highest BCUT2D eigenvalue weighted by atomic mass is 16.1. The Kier molecular flexibility index (Phi) is 3.99. The van der Waals surface area contributed by atoms with Gasteiger partial charge in [-0.05, 0) is 30.7 Å². The summed E-state index contributed by atoms with van der Waals surface area (Å²) < 4.78 is 0. The van der Waals surface area contributed by atoms with Crippen LogP contribution in [-0.2, 0) is 0 Å². The lowest BCUT2D eigenvalue weighted by atomic mass is 10.1. The zero-order valence-corrected chi connectivity index (χ0v) is 11.0. The van der Waals surface area contributed by atoms with Crippen molar-refractivity contribution in [1.82, 2.24) is 0 Å². The quantitative estimate of drug-likeness (QED) is 0.587. The first-order valence-electron chi connectivity index (χ1n) is 6.04. The van der Waals surface area contributed by atoms with Crippen LogP contribution in [0.4, 0.5) is 11.4 Å². The second-order valence-corrected chi connectivity index (χ2v) is 4.25. The standard InChI is InChI=1S/C15H14N4O/c1-10-5-4-8-13(12(10)9-16)18-15(20)11-6-2-3-7-14(11)19-17/h2-8,19H,17H2,1H3,(H,18,20). The normalized spacial score (nSPS) is 9.65. The van der Waals surface area contributed by atoms with Crippen molar-refractivity contribution in [2.24, 2.45) is 5.84 Å². The highest BCUT2D eigenvalue weighted by Crippen LogP contribution is 2.21. The summed E-state index contributed by atoms with van der Waals surface area (Å²) in [7, 11) is 0. The number of nitrogens with zero attached hydrogens (tertiary/aromatic N) is 1. The number of hydrazine groups is 1. The van der Waals surface area contributed by atoms with Crippen LogP contribution < -0.4 is 16.6 Å². The number of rotatable bonds is 3. The van der Waals surface area contributed by atoms with E-state index in [0.717, 1.165) is 5.56 Å². The minimum Gasteiger partial charge on any atom is -0.323 e. The Hall–Kier alpha value is -2.84. The van der Waals surface area contributed by atoms with Gasteiger partial charge in [0.1, 0.15) is 6.07 Å². The maximum absolute atomic E-state index is 12.3. The van der Waals surface area contributed by atoms with Gasteiger partial charge in [0.15, 0.2) is 0 Å². The molecule has 5 heteroatoms. The molecule has 0 saturated carbocycles. The van der Waals surface area contributed by atoms with Crippen molar-refractivity contribution in [1.29, 1.82) is 5.26 Å². The molecule has 5 nitrogen and oxygen atoms in total. The third kappa shape index (κ3) is 2.60. The van der Waals surface area contributed by atoms with E-state index < -0.39 is 0 Å². The molecule has 4 N–H and O–H groups in total. The summed E-state index contributed by atoms with van der Waals surface area (Å²) >= 11 is 0. The van der Waals surface area contributed by atoms with Crippen LogP contribution in [0.15, 0.2) is 42.5 Å². The number of amides is 1. The molecule has 0 radical (unpaired) electrons. The summed E-state index contributed by atoms with van der Waals surface area (Å²) in [6.07, 6.45) is 0. The van der Waals surface area contributed by atoms with Crippen LogP contribution in [-0.4, -0.2) is 5.91 Å². The van der Waals surface area contributed by atoms with Gasteiger partial charge in [-0.25, -0.2) is 0 Å². The smallest absolute Gasteiger partial charge is 0.257 e. The molecule has 2 aromatic rings. The molecule has 100 valence electrons. The van der Waals surface area contributed by atoms with Crippen molar-refractivity contribution in [2.45, 2.75) is 6.92 Å². The van der Waals surface area contributed by atoms with Gasteiger partial charge in [-0.2, -0.15) is 5.26 Å². The monoisotopic (exact) mass is 266 g/mol. The summed E-state index contributed by atoms with van der Waals surface area (Å²) in [5, 5.41) is 11.9. The van der Waals surface area contributed by atoms with Gasteiger partial charge in [0.05, 0.1) is 22.5 Å². The van der Waals surface area contributed by atoms with Crippen molar-refractivity contribution in [3.8, 4) is 6.07 Å². The van der Waals surface area contributed by atoms with Crippen LogP contribution in [0.5, 0.6) is 0 Å². The van der Waals surface area contributed by atoms with Crippen molar-refractivity contribution < 1.29 is 4.79 Å². The molecule has 0 aliphatic rings. The van der Waals surface area contributed by atoms with Gasteiger partial charge in [0, 0.05) is 0 Å². The molecule has 0 saturated heterocycles. The van der Waals surface area contributed by atoms with Crippen LogP contribution in [0.1, 0.15) is 21.5 Å². The third-order valence-corrected chi connectivity index (χ3v) is 2.96.